The van der Waals surface area contributed by atoms with Gasteiger partial charge in [0.05, 0.1) is 23.1 Å². The summed E-state index contributed by atoms with van der Waals surface area (Å²) in [6, 6.07) is 7.57. The molecule has 9 heteroatoms. The molecular formula is C20H17N3O5S. The number of esters is 1. The van der Waals surface area contributed by atoms with Gasteiger partial charge in [-0.1, -0.05) is 29.8 Å². The Morgan fingerprint density at radius 2 is 1.76 bits per heavy atom. The quantitative estimate of drug-likeness (QED) is 0.385. The average molecular weight is 411 g/mol. The fraction of sp³-hybridized carbons (Fsp3) is 0.150. The van der Waals surface area contributed by atoms with Crippen LogP contribution in [-0.4, -0.2) is 33.1 Å². The predicted molar refractivity (Wildman–Crippen MR) is 111 cm³/mol. The van der Waals surface area contributed by atoms with Crippen molar-refractivity contribution in [2.75, 3.05) is 7.11 Å². The predicted octanol–water partition coefficient (Wildman–Crippen LogP) is 3.05. The minimum absolute atomic E-state index is 0.0533. The number of thiophene rings is 1. The third kappa shape index (κ3) is 2.95. The van der Waals surface area contributed by atoms with Crippen LogP contribution in [-0.2, 0) is 4.74 Å². The van der Waals surface area contributed by atoms with Gasteiger partial charge in [0, 0.05) is 10.4 Å². The largest absolute Gasteiger partial charge is 0.505 e. The second kappa shape index (κ2) is 6.78. The van der Waals surface area contributed by atoms with Crippen molar-refractivity contribution >= 4 is 28.3 Å². The number of H-pyrrole nitrogens is 3. The first-order valence-electron chi connectivity index (χ1n) is 8.68. The average Bonchev–Trinajstić information content (AvgIpc) is 3.19. The van der Waals surface area contributed by atoms with Crippen molar-refractivity contribution < 1.29 is 14.6 Å². The van der Waals surface area contributed by atoms with Gasteiger partial charge in [-0.05, 0) is 19.4 Å². The van der Waals surface area contributed by atoms with Crippen molar-refractivity contribution in [3.8, 4) is 27.4 Å². The molecule has 4 aromatic rings. The van der Waals surface area contributed by atoms with E-state index in [1.807, 2.05) is 31.2 Å². The summed E-state index contributed by atoms with van der Waals surface area (Å²) in [5.74, 6) is -0.930. The van der Waals surface area contributed by atoms with E-state index in [0.717, 1.165) is 11.1 Å². The lowest BCUT2D eigenvalue weighted by atomic mass is 10.0. The van der Waals surface area contributed by atoms with Crippen LogP contribution in [0.1, 0.15) is 20.8 Å². The summed E-state index contributed by atoms with van der Waals surface area (Å²) in [5, 5.41) is 11.0. The molecule has 3 aromatic heterocycles. The molecule has 0 aliphatic carbocycles. The van der Waals surface area contributed by atoms with Crippen LogP contribution in [0.4, 0.5) is 0 Å². The Balaban J connectivity index is 2.12. The van der Waals surface area contributed by atoms with Crippen molar-refractivity contribution in [1.29, 1.82) is 0 Å². The molecule has 1 aromatic carbocycles. The molecule has 0 unspecified atom stereocenters. The van der Waals surface area contributed by atoms with Gasteiger partial charge in [-0.2, -0.15) is 0 Å². The van der Waals surface area contributed by atoms with E-state index in [-0.39, 0.29) is 22.3 Å². The summed E-state index contributed by atoms with van der Waals surface area (Å²) >= 11 is 1.17. The summed E-state index contributed by atoms with van der Waals surface area (Å²) in [6.45, 7) is 3.64. The molecule has 0 atom stereocenters. The van der Waals surface area contributed by atoms with Crippen molar-refractivity contribution in [3.05, 3.63) is 61.1 Å². The molecule has 8 nitrogen and oxygen atoms in total. The molecule has 0 saturated heterocycles. The second-order valence-corrected chi connectivity index (χ2v) is 7.83. The van der Waals surface area contributed by atoms with Crippen LogP contribution in [0, 0.1) is 13.8 Å². The molecule has 0 spiro atoms. The lowest BCUT2D eigenvalue weighted by molar-refractivity contribution is 0.0597. The smallest absolute Gasteiger partial charge is 0.342 e. The van der Waals surface area contributed by atoms with E-state index in [2.05, 4.69) is 15.0 Å². The minimum Gasteiger partial charge on any atom is -0.505 e. The molecule has 4 rings (SSSR count). The van der Waals surface area contributed by atoms with Gasteiger partial charge in [0.2, 0.25) is 0 Å². The lowest BCUT2D eigenvalue weighted by Gasteiger charge is -2.05. The highest BCUT2D eigenvalue weighted by Crippen LogP contribution is 2.47. The van der Waals surface area contributed by atoms with Crippen LogP contribution in [0.25, 0.3) is 32.7 Å². The molecule has 29 heavy (non-hydrogen) atoms. The minimum atomic E-state index is -0.665. The highest BCUT2D eigenvalue weighted by Gasteiger charge is 2.28. The van der Waals surface area contributed by atoms with Gasteiger partial charge in [-0.25, -0.2) is 9.59 Å². The first kappa shape index (κ1) is 18.8. The number of benzene rings is 1. The number of aryl methyl sites for hydroxylation is 2. The molecule has 0 aliphatic rings. The number of aromatic amines is 3. The van der Waals surface area contributed by atoms with Gasteiger partial charge < -0.3 is 14.8 Å². The summed E-state index contributed by atoms with van der Waals surface area (Å²) in [4.78, 5) is 45.3. The van der Waals surface area contributed by atoms with Crippen molar-refractivity contribution in [1.82, 2.24) is 15.0 Å². The van der Waals surface area contributed by atoms with E-state index in [1.165, 1.54) is 18.4 Å². The number of fused-ring (bicyclic) bond motifs is 1. The van der Waals surface area contributed by atoms with Crippen molar-refractivity contribution in [3.63, 3.8) is 0 Å². The third-order valence-electron chi connectivity index (χ3n) is 4.71. The van der Waals surface area contributed by atoms with Gasteiger partial charge in [0.15, 0.2) is 0 Å². The summed E-state index contributed by atoms with van der Waals surface area (Å²) in [5.41, 5.74) is 1.80. The zero-order valence-electron chi connectivity index (χ0n) is 15.8. The number of ether oxygens (including phenoxy) is 1. The number of rotatable bonds is 3. The molecule has 0 bridgehead atoms. The number of carbonyl (C=O) groups excluding carboxylic acids is 1. The summed E-state index contributed by atoms with van der Waals surface area (Å²) in [6.07, 6.45) is 0. The molecule has 0 radical (unpaired) electrons. The SMILES string of the molecule is COC(=O)c1c(C)sc(-c2c(-c3ccc(C)cc3)[nH]c3[nH]c(=O)[nH]c(=O)c23)c1O. The van der Waals surface area contributed by atoms with E-state index in [0.29, 0.717) is 21.0 Å². The number of carbonyl (C=O) groups is 1. The Hall–Kier alpha value is -3.59. The molecule has 148 valence electrons. The molecule has 0 amide bonds. The van der Waals surface area contributed by atoms with Crippen LogP contribution < -0.4 is 11.2 Å². The molecule has 0 fully saturated rings. The van der Waals surface area contributed by atoms with E-state index < -0.39 is 17.2 Å². The molecule has 4 N–H and O–H groups in total. The number of methoxy groups -OCH3 is 1. The van der Waals surface area contributed by atoms with Crippen molar-refractivity contribution in [2.24, 2.45) is 0 Å². The highest BCUT2D eigenvalue weighted by molar-refractivity contribution is 7.16. The first-order valence-corrected chi connectivity index (χ1v) is 9.49. The van der Waals surface area contributed by atoms with Crippen molar-refractivity contribution in [2.45, 2.75) is 13.8 Å². The number of hydrogen-bond donors (Lipinski definition) is 4. The second-order valence-electron chi connectivity index (χ2n) is 6.60. The monoisotopic (exact) mass is 411 g/mol. The van der Waals surface area contributed by atoms with Crippen LogP contribution in [0.3, 0.4) is 0 Å². The Morgan fingerprint density at radius 1 is 1.07 bits per heavy atom. The molecule has 0 saturated carbocycles. The maximum atomic E-state index is 12.6. The highest BCUT2D eigenvalue weighted by atomic mass is 32.1. The van der Waals surface area contributed by atoms with E-state index in [1.54, 1.807) is 6.92 Å². The van der Waals surface area contributed by atoms with E-state index in [9.17, 15) is 19.5 Å². The fourth-order valence-electron chi connectivity index (χ4n) is 3.34. The third-order valence-corrected chi connectivity index (χ3v) is 5.82. The van der Waals surface area contributed by atoms with Crippen LogP contribution in [0.2, 0.25) is 0 Å². The van der Waals surface area contributed by atoms with Gasteiger partial charge >= 0.3 is 11.7 Å². The maximum absolute atomic E-state index is 12.6. The summed E-state index contributed by atoms with van der Waals surface area (Å²) < 4.78 is 4.77. The Bertz CT molecular complexity index is 1370. The lowest BCUT2D eigenvalue weighted by Crippen LogP contribution is -2.21. The normalized spacial score (nSPS) is 11.1. The standard InChI is InChI=1S/C20H17N3O5S/c1-8-4-6-10(7-5-8)14-12(13-17(21-14)22-20(27)23-18(13)25)16-15(24)11(9(2)29-16)19(26)28-3/h4-7,24H,1-3H3,(H3,21,22,23,25,27). The Morgan fingerprint density at radius 3 is 2.41 bits per heavy atom. The first-order chi connectivity index (χ1) is 13.8. The topological polar surface area (TPSA) is 128 Å². The molecule has 3 heterocycles. The summed E-state index contributed by atoms with van der Waals surface area (Å²) in [7, 11) is 1.23. The van der Waals surface area contributed by atoms with Crippen LogP contribution in [0.5, 0.6) is 5.75 Å². The van der Waals surface area contributed by atoms with Gasteiger partial charge in [0.25, 0.3) is 5.56 Å². The van der Waals surface area contributed by atoms with Gasteiger partial charge in [0.1, 0.15) is 17.0 Å². The number of nitrogens with one attached hydrogen (secondary N) is 3. The zero-order chi connectivity index (χ0) is 20.9. The number of aromatic hydroxyl groups is 1. The van der Waals surface area contributed by atoms with Crippen LogP contribution >= 0.6 is 11.3 Å². The van der Waals surface area contributed by atoms with Crippen LogP contribution in [0.15, 0.2) is 33.9 Å². The maximum Gasteiger partial charge on any atom is 0.342 e. The molecular weight excluding hydrogens is 394 g/mol. The Labute approximate surface area is 167 Å². The number of aromatic nitrogens is 3. The number of hydrogen-bond acceptors (Lipinski definition) is 6. The zero-order valence-corrected chi connectivity index (χ0v) is 16.6. The van der Waals surface area contributed by atoms with Gasteiger partial charge in [-0.3, -0.25) is 14.8 Å². The molecule has 0 aliphatic heterocycles. The fourth-order valence-corrected chi connectivity index (χ4v) is 4.43. The van der Waals surface area contributed by atoms with Gasteiger partial charge in [-0.15, -0.1) is 11.3 Å². The van der Waals surface area contributed by atoms with E-state index >= 15 is 0 Å². The van der Waals surface area contributed by atoms with E-state index in [4.69, 9.17) is 4.74 Å². The Kier molecular flexibility index (Phi) is 4.39.